The topological polar surface area (TPSA) is 53.4 Å². The van der Waals surface area contributed by atoms with Crippen molar-refractivity contribution in [3.63, 3.8) is 0 Å². The van der Waals surface area contributed by atoms with E-state index in [2.05, 4.69) is 4.98 Å². The van der Waals surface area contributed by atoms with Gasteiger partial charge in [0.05, 0.1) is 25.6 Å². The van der Waals surface area contributed by atoms with E-state index >= 15 is 0 Å². The van der Waals surface area contributed by atoms with E-state index in [9.17, 15) is 4.79 Å². The summed E-state index contributed by atoms with van der Waals surface area (Å²) < 4.78 is 12.8. The highest BCUT2D eigenvalue weighted by atomic mass is 35.5. The number of carbonyl (C=O) groups is 1. The molecule has 5 nitrogen and oxygen atoms in total. The SMILES string of the molecule is COc1cccc(C=O)c1OCCCn1ccnc1.Cl. The van der Waals surface area contributed by atoms with Crippen molar-refractivity contribution in [1.82, 2.24) is 9.55 Å². The van der Waals surface area contributed by atoms with Gasteiger partial charge in [-0.3, -0.25) is 4.79 Å². The van der Waals surface area contributed by atoms with E-state index in [0.717, 1.165) is 19.3 Å². The van der Waals surface area contributed by atoms with Gasteiger partial charge in [0, 0.05) is 18.9 Å². The second-order valence-electron chi connectivity index (χ2n) is 4.00. The number of halogens is 1. The first-order chi connectivity index (χ1) is 9.35. The molecular formula is C14H17ClN2O3. The van der Waals surface area contributed by atoms with Gasteiger partial charge in [0.2, 0.25) is 0 Å². The van der Waals surface area contributed by atoms with Crippen LogP contribution in [0.4, 0.5) is 0 Å². The molecule has 0 spiro atoms. The quantitative estimate of drug-likeness (QED) is 0.582. The van der Waals surface area contributed by atoms with E-state index in [4.69, 9.17) is 9.47 Å². The lowest BCUT2D eigenvalue weighted by atomic mass is 10.2. The second-order valence-corrected chi connectivity index (χ2v) is 4.00. The third-order valence-electron chi connectivity index (χ3n) is 2.72. The zero-order valence-electron chi connectivity index (χ0n) is 11.2. The Morgan fingerprint density at radius 1 is 1.40 bits per heavy atom. The van der Waals surface area contributed by atoms with Crippen LogP contribution in [0.2, 0.25) is 0 Å². The highest BCUT2D eigenvalue weighted by Crippen LogP contribution is 2.29. The zero-order chi connectivity index (χ0) is 13.5. The Bertz CT molecular complexity index is 529. The van der Waals surface area contributed by atoms with E-state index < -0.39 is 0 Å². The Balaban J connectivity index is 0.00000200. The van der Waals surface area contributed by atoms with Crippen molar-refractivity contribution in [3.8, 4) is 11.5 Å². The zero-order valence-corrected chi connectivity index (χ0v) is 12.0. The minimum Gasteiger partial charge on any atom is -0.493 e. The summed E-state index contributed by atoms with van der Waals surface area (Å²) in [5.74, 6) is 1.08. The molecule has 0 bridgehead atoms. The predicted molar refractivity (Wildman–Crippen MR) is 78.0 cm³/mol. The highest BCUT2D eigenvalue weighted by Gasteiger charge is 2.09. The summed E-state index contributed by atoms with van der Waals surface area (Å²) in [7, 11) is 1.56. The van der Waals surface area contributed by atoms with Gasteiger partial charge in [-0.25, -0.2) is 4.98 Å². The smallest absolute Gasteiger partial charge is 0.171 e. The number of rotatable bonds is 7. The number of hydrogen-bond acceptors (Lipinski definition) is 4. The van der Waals surface area contributed by atoms with Gasteiger partial charge < -0.3 is 14.0 Å². The molecule has 0 aliphatic carbocycles. The van der Waals surface area contributed by atoms with Crippen LogP contribution in [0.3, 0.4) is 0 Å². The molecule has 0 N–H and O–H groups in total. The fourth-order valence-electron chi connectivity index (χ4n) is 1.78. The average Bonchev–Trinajstić information content (AvgIpc) is 2.96. The number of aryl methyl sites for hydroxylation is 1. The van der Waals surface area contributed by atoms with Crippen LogP contribution in [0, 0.1) is 0 Å². The molecule has 2 aromatic rings. The number of aldehydes is 1. The number of para-hydroxylation sites is 1. The molecule has 0 aliphatic rings. The van der Waals surface area contributed by atoms with E-state index in [1.165, 1.54) is 0 Å². The molecule has 6 heteroatoms. The van der Waals surface area contributed by atoms with Crippen molar-refractivity contribution >= 4 is 18.7 Å². The van der Waals surface area contributed by atoms with Crippen LogP contribution in [-0.4, -0.2) is 29.6 Å². The largest absolute Gasteiger partial charge is 0.493 e. The summed E-state index contributed by atoms with van der Waals surface area (Å²) in [6.07, 6.45) is 7.01. The Hall–Kier alpha value is -2.01. The summed E-state index contributed by atoms with van der Waals surface area (Å²) in [6, 6.07) is 5.25. The molecule has 2 rings (SSSR count). The van der Waals surface area contributed by atoms with Crippen LogP contribution in [-0.2, 0) is 6.54 Å². The number of aromatic nitrogens is 2. The third-order valence-corrected chi connectivity index (χ3v) is 2.72. The summed E-state index contributed by atoms with van der Waals surface area (Å²) in [4.78, 5) is 14.9. The van der Waals surface area contributed by atoms with Gasteiger partial charge in [-0.15, -0.1) is 12.4 Å². The first-order valence-corrected chi connectivity index (χ1v) is 6.06. The van der Waals surface area contributed by atoms with Crippen molar-refractivity contribution in [2.75, 3.05) is 13.7 Å². The lowest BCUT2D eigenvalue weighted by Gasteiger charge is -2.12. The number of ether oxygens (including phenoxy) is 2. The molecule has 0 amide bonds. The summed E-state index contributed by atoms with van der Waals surface area (Å²) in [6.45, 7) is 1.34. The van der Waals surface area contributed by atoms with Gasteiger partial charge in [0.1, 0.15) is 0 Å². The number of imidazole rings is 1. The number of methoxy groups -OCH3 is 1. The maximum absolute atomic E-state index is 11.0. The molecule has 0 atom stereocenters. The number of benzene rings is 1. The van der Waals surface area contributed by atoms with Crippen LogP contribution in [0.1, 0.15) is 16.8 Å². The lowest BCUT2D eigenvalue weighted by molar-refractivity contribution is 0.111. The maximum Gasteiger partial charge on any atom is 0.171 e. The van der Waals surface area contributed by atoms with E-state index in [-0.39, 0.29) is 12.4 Å². The molecule has 0 radical (unpaired) electrons. The first kappa shape index (κ1) is 16.0. The van der Waals surface area contributed by atoms with Crippen molar-refractivity contribution in [3.05, 3.63) is 42.5 Å². The number of hydrogen-bond donors (Lipinski definition) is 0. The van der Waals surface area contributed by atoms with E-state index in [1.54, 1.807) is 37.8 Å². The van der Waals surface area contributed by atoms with Crippen LogP contribution < -0.4 is 9.47 Å². The second kappa shape index (κ2) is 8.22. The van der Waals surface area contributed by atoms with Gasteiger partial charge >= 0.3 is 0 Å². The molecule has 0 aliphatic heterocycles. The first-order valence-electron chi connectivity index (χ1n) is 6.06. The minimum absolute atomic E-state index is 0. The van der Waals surface area contributed by atoms with Crippen molar-refractivity contribution in [1.29, 1.82) is 0 Å². The van der Waals surface area contributed by atoms with Crippen LogP contribution in [0.25, 0.3) is 0 Å². The monoisotopic (exact) mass is 296 g/mol. The lowest BCUT2D eigenvalue weighted by Crippen LogP contribution is -2.05. The minimum atomic E-state index is 0. The highest BCUT2D eigenvalue weighted by molar-refractivity contribution is 5.85. The maximum atomic E-state index is 11.0. The van der Waals surface area contributed by atoms with Crippen LogP contribution in [0.5, 0.6) is 11.5 Å². The summed E-state index contributed by atoms with van der Waals surface area (Å²) in [5, 5.41) is 0. The predicted octanol–water partition coefficient (Wildman–Crippen LogP) is 2.60. The van der Waals surface area contributed by atoms with Crippen molar-refractivity contribution in [2.24, 2.45) is 0 Å². The molecule has 0 saturated heterocycles. The normalized spacial score (nSPS) is 9.65. The van der Waals surface area contributed by atoms with Gasteiger partial charge in [-0.2, -0.15) is 0 Å². The molecule has 20 heavy (non-hydrogen) atoms. The molecule has 108 valence electrons. The van der Waals surface area contributed by atoms with Crippen LogP contribution >= 0.6 is 12.4 Å². The Labute approximate surface area is 123 Å². The van der Waals surface area contributed by atoms with Gasteiger partial charge in [-0.1, -0.05) is 6.07 Å². The van der Waals surface area contributed by atoms with Gasteiger partial charge in [0.15, 0.2) is 17.8 Å². The van der Waals surface area contributed by atoms with Crippen LogP contribution in [0.15, 0.2) is 36.9 Å². The van der Waals surface area contributed by atoms with Gasteiger partial charge in [-0.05, 0) is 18.6 Å². The number of carbonyl (C=O) groups excluding carboxylic acids is 1. The van der Waals surface area contributed by atoms with E-state index in [0.29, 0.717) is 23.7 Å². The molecule has 1 heterocycles. The molecule has 0 fully saturated rings. The Morgan fingerprint density at radius 2 is 2.25 bits per heavy atom. The fourth-order valence-corrected chi connectivity index (χ4v) is 1.78. The van der Waals surface area contributed by atoms with Crippen molar-refractivity contribution < 1.29 is 14.3 Å². The summed E-state index contributed by atoms with van der Waals surface area (Å²) in [5.41, 5.74) is 0.502. The number of nitrogens with zero attached hydrogens (tertiary/aromatic N) is 2. The van der Waals surface area contributed by atoms with Gasteiger partial charge in [0.25, 0.3) is 0 Å². The van der Waals surface area contributed by atoms with Crippen molar-refractivity contribution in [2.45, 2.75) is 13.0 Å². The molecule has 0 unspecified atom stereocenters. The fraction of sp³-hybridized carbons (Fsp3) is 0.286. The Morgan fingerprint density at radius 3 is 2.90 bits per heavy atom. The summed E-state index contributed by atoms with van der Waals surface area (Å²) >= 11 is 0. The average molecular weight is 297 g/mol. The molecule has 1 aromatic carbocycles. The van der Waals surface area contributed by atoms with E-state index in [1.807, 2.05) is 10.8 Å². The third kappa shape index (κ3) is 3.99. The molecular weight excluding hydrogens is 280 g/mol. The Kier molecular flexibility index (Phi) is 6.59. The standard InChI is InChI=1S/C14H16N2O3.ClH/c1-18-13-5-2-4-12(10-17)14(13)19-9-3-7-16-8-6-15-11-16;/h2,4-6,8,10-11H,3,7,9H2,1H3;1H. The molecule has 0 saturated carbocycles. The molecule has 1 aromatic heterocycles.